The van der Waals surface area contributed by atoms with Crippen molar-refractivity contribution in [1.29, 1.82) is 0 Å². The van der Waals surface area contributed by atoms with Crippen molar-refractivity contribution in [3.8, 4) is 17.2 Å². The summed E-state index contributed by atoms with van der Waals surface area (Å²) in [4.78, 5) is 9.25. The molecule has 2 aliphatic heterocycles. The molecule has 0 spiro atoms. The summed E-state index contributed by atoms with van der Waals surface area (Å²) in [5, 5.41) is 4.24. The van der Waals surface area contributed by atoms with Crippen molar-refractivity contribution in [3.05, 3.63) is 114 Å². The molecule has 4 aromatic rings. The van der Waals surface area contributed by atoms with Crippen LogP contribution in [0.25, 0.3) is 5.57 Å². The summed E-state index contributed by atoms with van der Waals surface area (Å²) in [5.41, 5.74) is 6.80. The molecule has 2 unspecified atom stereocenters. The normalized spacial score (nSPS) is 19.3. The smallest absolute Gasteiger partial charge is 0.174 e. The van der Waals surface area contributed by atoms with Crippen LogP contribution in [0.3, 0.4) is 0 Å². The largest absolute Gasteiger partial charge is 0.497 e. The van der Waals surface area contributed by atoms with E-state index in [1.807, 2.05) is 54.7 Å². The maximum atomic E-state index is 6.08. The van der Waals surface area contributed by atoms with Gasteiger partial charge in [-0.15, -0.1) is 0 Å². The number of fused-ring (bicyclic) bond motifs is 1. The third kappa shape index (κ3) is 5.02. The number of likely N-dealkylation sites (N-methyl/N-ethyl adjacent to an activating group) is 1. The Morgan fingerprint density at radius 1 is 0.902 bits per heavy atom. The van der Waals surface area contributed by atoms with Crippen molar-refractivity contribution in [2.24, 2.45) is 0 Å². The molecule has 0 radical (unpaired) electrons. The molecule has 208 valence electrons. The van der Waals surface area contributed by atoms with Gasteiger partial charge < -0.3 is 24.6 Å². The molecule has 1 aromatic heterocycles. The molecular formula is C34H34N4O2S. The fraction of sp³-hybridized carbons (Fsp3) is 0.235. The fourth-order valence-electron chi connectivity index (χ4n) is 5.79. The van der Waals surface area contributed by atoms with Gasteiger partial charge in [-0.05, 0) is 117 Å². The van der Waals surface area contributed by atoms with Crippen LogP contribution >= 0.6 is 12.2 Å². The molecule has 0 saturated carbocycles. The van der Waals surface area contributed by atoms with Crippen LogP contribution in [0, 0.1) is 0 Å². The summed E-state index contributed by atoms with van der Waals surface area (Å²) in [5.74, 6) is 2.28. The van der Waals surface area contributed by atoms with Crippen LogP contribution in [0.1, 0.15) is 49.7 Å². The number of rotatable bonds is 6. The molecule has 2 aliphatic rings. The van der Waals surface area contributed by atoms with Gasteiger partial charge in [-0.3, -0.25) is 4.98 Å². The molecule has 6 rings (SSSR count). The lowest BCUT2D eigenvalue weighted by Gasteiger charge is -2.41. The Morgan fingerprint density at radius 3 is 2.24 bits per heavy atom. The van der Waals surface area contributed by atoms with E-state index in [4.69, 9.17) is 26.7 Å². The van der Waals surface area contributed by atoms with E-state index >= 15 is 0 Å². The Kier molecular flexibility index (Phi) is 6.91. The van der Waals surface area contributed by atoms with Crippen molar-refractivity contribution < 1.29 is 9.47 Å². The van der Waals surface area contributed by atoms with Gasteiger partial charge in [0, 0.05) is 30.2 Å². The van der Waals surface area contributed by atoms with Gasteiger partial charge in [-0.1, -0.05) is 18.2 Å². The van der Waals surface area contributed by atoms with E-state index in [1.165, 1.54) is 22.4 Å². The first-order chi connectivity index (χ1) is 19.7. The van der Waals surface area contributed by atoms with Crippen LogP contribution in [0.15, 0.2) is 97.2 Å². The van der Waals surface area contributed by atoms with E-state index in [2.05, 4.69) is 85.4 Å². The zero-order valence-corrected chi connectivity index (χ0v) is 24.8. The zero-order chi connectivity index (χ0) is 28.7. The number of nitrogens with zero attached hydrogens (tertiary/aromatic N) is 3. The third-order valence-corrected chi connectivity index (χ3v) is 8.41. The highest BCUT2D eigenvalue weighted by atomic mass is 32.1. The summed E-state index contributed by atoms with van der Waals surface area (Å²) < 4.78 is 11.3. The van der Waals surface area contributed by atoms with Crippen LogP contribution in [0.4, 0.5) is 11.4 Å². The molecule has 0 amide bonds. The van der Waals surface area contributed by atoms with Gasteiger partial charge in [0.1, 0.15) is 17.2 Å². The van der Waals surface area contributed by atoms with E-state index in [1.54, 1.807) is 7.11 Å². The van der Waals surface area contributed by atoms with Crippen molar-refractivity contribution in [2.75, 3.05) is 24.0 Å². The van der Waals surface area contributed by atoms with Crippen LogP contribution in [-0.2, 0) is 0 Å². The number of nitrogens with one attached hydrogen (secondary N) is 1. The lowest BCUT2D eigenvalue weighted by molar-refractivity contribution is 0.413. The Labute approximate surface area is 247 Å². The summed E-state index contributed by atoms with van der Waals surface area (Å²) in [7, 11) is 3.81. The number of benzene rings is 3. The van der Waals surface area contributed by atoms with Crippen molar-refractivity contribution in [2.45, 2.75) is 38.4 Å². The fourth-order valence-corrected chi connectivity index (χ4v) is 6.13. The van der Waals surface area contributed by atoms with Gasteiger partial charge in [-0.2, -0.15) is 0 Å². The standard InChI is InChI=1S/C34H34N4O2S/c1-22-21-34(2,3)37(4)30-18-9-23(20-28(22)30)32-31(29-8-6-7-19-35-29)36-33(41)38(32)24-10-12-26(13-11-24)40-27-16-14-25(39-5)15-17-27/h6-21,31-32H,1-5H3,(H,36,41). The van der Waals surface area contributed by atoms with Crippen LogP contribution in [0.5, 0.6) is 17.2 Å². The minimum Gasteiger partial charge on any atom is -0.497 e. The first-order valence-corrected chi connectivity index (χ1v) is 14.2. The van der Waals surface area contributed by atoms with Gasteiger partial charge in [0.2, 0.25) is 0 Å². The minimum atomic E-state index is -0.112. The molecule has 1 N–H and O–H groups in total. The highest BCUT2D eigenvalue weighted by molar-refractivity contribution is 7.80. The second-order valence-corrected chi connectivity index (χ2v) is 11.5. The first-order valence-electron chi connectivity index (χ1n) is 13.8. The highest BCUT2D eigenvalue weighted by Gasteiger charge is 2.41. The molecule has 3 heterocycles. The van der Waals surface area contributed by atoms with Crippen LogP contribution < -0.4 is 24.6 Å². The summed E-state index contributed by atoms with van der Waals surface area (Å²) >= 11 is 5.96. The Bertz CT molecular complexity index is 1600. The SMILES string of the molecule is COc1ccc(Oc2ccc(N3C(=S)NC(c4ccccn4)C3c3ccc4c(c3)C(C)=CC(C)(C)N4C)cc2)cc1. The minimum absolute atomic E-state index is 0.0484. The Balaban J connectivity index is 1.37. The van der Waals surface area contributed by atoms with Crippen LogP contribution in [-0.4, -0.2) is 29.8 Å². The number of hydrogen-bond donors (Lipinski definition) is 1. The molecule has 6 nitrogen and oxygen atoms in total. The number of ether oxygens (including phenoxy) is 2. The Morgan fingerprint density at radius 2 is 1.59 bits per heavy atom. The monoisotopic (exact) mass is 562 g/mol. The maximum Gasteiger partial charge on any atom is 0.174 e. The molecule has 1 fully saturated rings. The number of pyridine rings is 1. The lowest BCUT2D eigenvalue weighted by atomic mass is 9.86. The number of anilines is 2. The van der Waals surface area contributed by atoms with E-state index in [9.17, 15) is 0 Å². The number of methoxy groups -OCH3 is 1. The number of aromatic nitrogens is 1. The number of allylic oxidation sites excluding steroid dienone is 1. The number of thiocarbonyl (C=S) groups is 1. The van der Waals surface area contributed by atoms with E-state index < -0.39 is 0 Å². The van der Waals surface area contributed by atoms with Crippen molar-refractivity contribution in [1.82, 2.24) is 10.3 Å². The predicted molar refractivity (Wildman–Crippen MR) is 170 cm³/mol. The molecule has 3 aromatic carbocycles. The summed E-state index contributed by atoms with van der Waals surface area (Å²) in [6.45, 7) is 6.69. The first kappa shape index (κ1) is 26.8. The van der Waals surface area contributed by atoms with E-state index in [-0.39, 0.29) is 17.6 Å². The van der Waals surface area contributed by atoms with Gasteiger partial charge in [-0.25, -0.2) is 0 Å². The summed E-state index contributed by atoms with van der Waals surface area (Å²) in [6, 6.07) is 28.2. The van der Waals surface area contributed by atoms with Gasteiger partial charge >= 0.3 is 0 Å². The average molecular weight is 563 g/mol. The topological polar surface area (TPSA) is 49.9 Å². The molecular weight excluding hydrogens is 528 g/mol. The third-order valence-electron chi connectivity index (χ3n) is 8.09. The highest BCUT2D eigenvalue weighted by Crippen LogP contribution is 2.45. The van der Waals surface area contributed by atoms with Crippen LogP contribution in [0.2, 0.25) is 0 Å². The number of hydrogen-bond acceptors (Lipinski definition) is 5. The maximum absolute atomic E-state index is 6.08. The average Bonchev–Trinajstić information content (AvgIpc) is 3.33. The second kappa shape index (κ2) is 10.6. The molecule has 7 heteroatoms. The van der Waals surface area contributed by atoms with Crippen molar-refractivity contribution in [3.63, 3.8) is 0 Å². The van der Waals surface area contributed by atoms with E-state index in [0.29, 0.717) is 5.11 Å². The zero-order valence-electron chi connectivity index (χ0n) is 24.0. The van der Waals surface area contributed by atoms with E-state index in [0.717, 1.165) is 28.6 Å². The molecule has 41 heavy (non-hydrogen) atoms. The van der Waals surface area contributed by atoms with Crippen molar-refractivity contribution >= 4 is 34.3 Å². The van der Waals surface area contributed by atoms with Gasteiger partial charge in [0.15, 0.2) is 5.11 Å². The quantitative estimate of drug-likeness (QED) is 0.242. The Hall–Kier alpha value is -4.36. The molecule has 0 aliphatic carbocycles. The van der Waals surface area contributed by atoms with Gasteiger partial charge in [0.25, 0.3) is 0 Å². The predicted octanol–water partition coefficient (Wildman–Crippen LogP) is 7.69. The second-order valence-electron chi connectivity index (χ2n) is 11.1. The molecule has 0 bridgehead atoms. The van der Waals surface area contributed by atoms with Gasteiger partial charge in [0.05, 0.1) is 30.4 Å². The molecule has 2 atom stereocenters. The lowest BCUT2D eigenvalue weighted by Crippen LogP contribution is -2.42. The summed E-state index contributed by atoms with van der Waals surface area (Å²) in [6.07, 6.45) is 4.17. The molecule has 1 saturated heterocycles.